The van der Waals surface area contributed by atoms with Gasteiger partial charge in [0.1, 0.15) is 0 Å². The lowest BCUT2D eigenvalue weighted by atomic mass is 9.50. The molecule has 5 rings (SSSR count). The molecule has 0 aliphatic heterocycles. The van der Waals surface area contributed by atoms with Gasteiger partial charge in [-0.3, -0.25) is 0 Å². The summed E-state index contributed by atoms with van der Waals surface area (Å²) in [5.41, 5.74) is 8.60. The molecule has 0 amide bonds. The summed E-state index contributed by atoms with van der Waals surface area (Å²) in [7, 11) is 0. The fourth-order valence-electron chi connectivity index (χ4n) is 6.50. The molecule has 4 bridgehead atoms. The van der Waals surface area contributed by atoms with Crippen molar-refractivity contribution in [1.82, 2.24) is 0 Å². The summed E-state index contributed by atoms with van der Waals surface area (Å²) in [6, 6.07) is 8.34. The molecule has 0 spiro atoms. The number of anilines is 1. The summed E-state index contributed by atoms with van der Waals surface area (Å²) in [5, 5.41) is 0. The topological polar surface area (TPSA) is 35.2 Å². The minimum Gasteiger partial charge on any atom is -0.399 e. The van der Waals surface area contributed by atoms with Crippen LogP contribution >= 0.6 is 0 Å². The van der Waals surface area contributed by atoms with Gasteiger partial charge in [0.2, 0.25) is 0 Å². The largest absolute Gasteiger partial charge is 0.399 e. The second-order valence-corrected chi connectivity index (χ2v) is 9.73. The molecule has 4 aliphatic carbocycles. The van der Waals surface area contributed by atoms with Crippen molar-refractivity contribution in [3.8, 4) is 0 Å². The van der Waals surface area contributed by atoms with Crippen molar-refractivity contribution < 1.29 is 4.74 Å². The van der Waals surface area contributed by atoms with E-state index < -0.39 is 0 Å². The van der Waals surface area contributed by atoms with E-state index in [0.717, 1.165) is 36.7 Å². The molecule has 0 unspecified atom stereocenters. The number of nitrogen functional groups attached to an aromatic ring is 1. The van der Waals surface area contributed by atoms with Gasteiger partial charge in [-0.05, 0) is 98.7 Å². The lowest BCUT2D eigenvalue weighted by Gasteiger charge is -2.56. The first kappa shape index (κ1) is 18.3. The van der Waals surface area contributed by atoms with Crippen molar-refractivity contribution in [1.29, 1.82) is 0 Å². The minimum absolute atomic E-state index is 0.591. The summed E-state index contributed by atoms with van der Waals surface area (Å²) in [4.78, 5) is 0. The SMILES string of the molecule is Nc1ccc(CCCCCCCOCC23CC4CC(CC(C4)C2)C3)cc1. The van der Waals surface area contributed by atoms with Gasteiger partial charge >= 0.3 is 0 Å². The van der Waals surface area contributed by atoms with Crippen molar-refractivity contribution in [3.05, 3.63) is 29.8 Å². The van der Waals surface area contributed by atoms with Crippen LogP contribution in [0.2, 0.25) is 0 Å². The molecular weight excluding hydrogens is 318 g/mol. The highest BCUT2D eigenvalue weighted by Gasteiger charge is 2.50. The van der Waals surface area contributed by atoms with Gasteiger partial charge in [0.15, 0.2) is 0 Å². The van der Waals surface area contributed by atoms with E-state index in [0.29, 0.717) is 5.41 Å². The van der Waals surface area contributed by atoms with E-state index in [2.05, 4.69) is 12.1 Å². The highest BCUT2D eigenvalue weighted by Crippen LogP contribution is 2.60. The van der Waals surface area contributed by atoms with Crippen molar-refractivity contribution in [2.45, 2.75) is 77.0 Å². The van der Waals surface area contributed by atoms with Gasteiger partial charge < -0.3 is 10.5 Å². The Bertz CT molecular complexity index is 529. The van der Waals surface area contributed by atoms with E-state index in [4.69, 9.17) is 10.5 Å². The van der Waals surface area contributed by atoms with E-state index in [1.165, 1.54) is 82.6 Å². The quantitative estimate of drug-likeness (QED) is 0.413. The third kappa shape index (κ3) is 4.63. The van der Waals surface area contributed by atoms with Crippen LogP contribution in [0.1, 0.15) is 76.2 Å². The van der Waals surface area contributed by atoms with E-state index >= 15 is 0 Å². The van der Waals surface area contributed by atoms with Crippen LogP contribution in [0, 0.1) is 23.2 Å². The van der Waals surface area contributed by atoms with Crippen LogP contribution in [-0.2, 0) is 11.2 Å². The lowest BCUT2D eigenvalue weighted by molar-refractivity contribution is -0.0966. The maximum Gasteiger partial charge on any atom is 0.0522 e. The number of benzene rings is 1. The first-order valence-corrected chi connectivity index (χ1v) is 11.1. The second kappa shape index (κ2) is 8.33. The van der Waals surface area contributed by atoms with Crippen LogP contribution in [0.5, 0.6) is 0 Å². The third-order valence-corrected chi connectivity index (χ3v) is 7.31. The maximum atomic E-state index is 6.19. The standard InChI is InChI=1S/C24H37NO/c25-23-9-7-19(8-10-23)6-4-2-1-3-5-11-26-18-24-15-20-12-21(16-24)14-22(13-20)17-24/h7-10,20-22H,1-6,11-18,25H2. The average Bonchev–Trinajstić information content (AvgIpc) is 2.60. The second-order valence-electron chi connectivity index (χ2n) is 9.73. The molecule has 2 nitrogen and oxygen atoms in total. The number of unbranched alkanes of at least 4 members (excludes halogenated alkanes) is 4. The van der Waals surface area contributed by atoms with E-state index in [1.807, 2.05) is 12.1 Å². The van der Waals surface area contributed by atoms with Gasteiger partial charge in [0.25, 0.3) is 0 Å². The predicted octanol–water partition coefficient (Wildman–Crippen LogP) is 5.99. The Kier molecular flexibility index (Phi) is 5.88. The molecule has 2 N–H and O–H groups in total. The zero-order chi connectivity index (χ0) is 17.8. The third-order valence-electron chi connectivity index (χ3n) is 7.31. The molecule has 0 heterocycles. The Morgan fingerprint density at radius 1 is 0.808 bits per heavy atom. The van der Waals surface area contributed by atoms with Crippen molar-refractivity contribution >= 4 is 5.69 Å². The molecule has 4 saturated carbocycles. The van der Waals surface area contributed by atoms with Gasteiger partial charge in [-0.1, -0.05) is 31.4 Å². The first-order chi connectivity index (χ1) is 12.7. The summed E-state index contributed by atoms with van der Waals surface area (Å²) < 4.78 is 6.19. The van der Waals surface area contributed by atoms with E-state index in [9.17, 15) is 0 Å². The van der Waals surface area contributed by atoms with Crippen LogP contribution in [0.3, 0.4) is 0 Å². The van der Waals surface area contributed by atoms with E-state index in [-0.39, 0.29) is 0 Å². The Morgan fingerprint density at radius 3 is 2.04 bits per heavy atom. The average molecular weight is 356 g/mol. The van der Waals surface area contributed by atoms with Crippen LogP contribution < -0.4 is 5.73 Å². The van der Waals surface area contributed by atoms with Gasteiger partial charge in [-0.2, -0.15) is 0 Å². The molecule has 2 heteroatoms. The molecule has 0 atom stereocenters. The van der Waals surface area contributed by atoms with Gasteiger partial charge in [0, 0.05) is 12.3 Å². The van der Waals surface area contributed by atoms with Crippen LogP contribution in [0.15, 0.2) is 24.3 Å². The molecule has 0 saturated heterocycles. The molecule has 4 aliphatic rings. The Labute approximate surface area is 159 Å². The van der Waals surface area contributed by atoms with Crippen LogP contribution in [0.25, 0.3) is 0 Å². The summed E-state index contributed by atoms with van der Waals surface area (Å²) >= 11 is 0. The molecule has 4 fully saturated rings. The zero-order valence-corrected chi connectivity index (χ0v) is 16.4. The number of ether oxygens (including phenoxy) is 1. The van der Waals surface area contributed by atoms with Crippen molar-refractivity contribution in [2.24, 2.45) is 23.2 Å². The van der Waals surface area contributed by atoms with Crippen molar-refractivity contribution in [3.63, 3.8) is 0 Å². The van der Waals surface area contributed by atoms with Gasteiger partial charge in [-0.15, -0.1) is 0 Å². The predicted molar refractivity (Wildman–Crippen MR) is 109 cm³/mol. The zero-order valence-electron chi connectivity index (χ0n) is 16.4. The highest BCUT2D eigenvalue weighted by atomic mass is 16.5. The molecule has 144 valence electrons. The molecular formula is C24H37NO. The van der Waals surface area contributed by atoms with Crippen molar-refractivity contribution in [2.75, 3.05) is 18.9 Å². The Morgan fingerprint density at radius 2 is 1.38 bits per heavy atom. The number of nitrogens with two attached hydrogens (primary N) is 1. The first-order valence-electron chi connectivity index (χ1n) is 11.1. The molecule has 1 aromatic carbocycles. The summed E-state index contributed by atoms with van der Waals surface area (Å²) in [6.07, 6.45) is 16.8. The molecule has 0 radical (unpaired) electrons. The summed E-state index contributed by atoms with van der Waals surface area (Å²) in [6.45, 7) is 2.05. The van der Waals surface area contributed by atoms with Gasteiger partial charge in [0.05, 0.1) is 6.61 Å². The number of aryl methyl sites for hydroxylation is 1. The fraction of sp³-hybridized carbons (Fsp3) is 0.750. The molecule has 1 aromatic rings. The summed E-state index contributed by atoms with van der Waals surface area (Å²) in [5.74, 6) is 3.14. The maximum absolute atomic E-state index is 6.19. The van der Waals surface area contributed by atoms with Crippen LogP contribution in [-0.4, -0.2) is 13.2 Å². The highest BCUT2D eigenvalue weighted by molar-refractivity contribution is 5.39. The molecule has 0 aromatic heterocycles. The Hall–Kier alpha value is -1.02. The smallest absolute Gasteiger partial charge is 0.0522 e. The van der Waals surface area contributed by atoms with Crippen LogP contribution in [0.4, 0.5) is 5.69 Å². The number of rotatable bonds is 10. The van der Waals surface area contributed by atoms with E-state index in [1.54, 1.807) is 0 Å². The fourth-order valence-corrected chi connectivity index (χ4v) is 6.50. The van der Waals surface area contributed by atoms with Gasteiger partial charge in [-0.25, -0.2) is 0 Å². The number of hydrogen-bond donors (Lipinski definition) is 1. The Balaban J connectivity index is 1.04. The minimum atomic E-state index is 0.591. The lowest BCUT2D eigenvalue weighted by Crippen LogP contribution is -2.48. The molecule has 26 heavy (non-hydrogen) atoms. The normalized spacial score (nSPS) is 32.2. The monoisotopic (exact) mass is 355 g/mol. The number of hydrogen-bond acceptors (Lipinski definition) is 2.